The summed E-state index contributed by atoms with van der Waals surface area (Å²) in [7, 11) is 1.56. The van der Waals surface area contributed by atoms with Crippen molar-refractivity contribution in [1.82, 2.24) is 0 Å². The second-order valence-corrected chi connectivity index (χ2v) is 8.29. The van der Waals surface area contributed by atoms with Crippen molar-refractivity contribution < 1.29 is 24.2 Å². The molecule has 0 aliphatic carbocycles. The van der Waals surface area contributed by atoms with Gasteiger partial charge in [0.2, 0.25) is 0 Å². The third kappa shape index (κ3) is 4.36. The fraction of sp³-hybridized carbons (Fsp3) is 0.154. The average molecular weight is 508 g/mol. The van der Waals surface area contributed by atoms with E-state index in [1.165, 1.54) is 4.90 Å². The van der Waals surface area contributed by atoms with Crippen LogP contribution in [0.3, 0.4) is 0 Å². The lowest BCUT2D eigenvalue weighted by Crippen LogP contribution is -2.29. The Morgan fingerprint density at radius 2 is 1.55 bits per heavy atom. The maximum Gasteiger partial charge on any atom is 0.300 e. The van der Waals surface area contributed by atoms with E-state index in [1.54, 1.807) is 55.6 Å². The Kier molecular flexibility index (Phi) is 6.51. The SMILES string of the molecule is CCOc1ccc(C(O)=C2C(=O)C(=O)N(c3ccc(OC)cc3)[C@H]2c2ccc(Br)cc2)cc1. The van der Waals surface area contributed by atoms with Gasteiger partial charge in [0.15, 0.2) is 0 Å². The maximum atomic E-state index is 13.2. The van der Waals surface area contributed by atoms with Gasteiger partial charge in [-0.15, -0.1) is 0 Å². The topological polar surface area (TPSA) is 76.1 Å². The molecule has 0 radical (unpaired) electrons. The van der Waals surface area contributed by atoms with Gasteiger partial charge < -0.3 is 14.6 Å². The van der Waals surface area contributed by atoms with Crippen LogP contribution in [0, 0.1) is 0 Å². The van der Waals surface area contributed by atoms with Gasteiger partial charge in [0, 0.05) is 15.7 Å². The molecule has 1 saturated heterocycles. The van der Waals surface area contributed by atoms with Crippen LogP contribution in [0.15, 0.2) is 82.8 Å². The molecule has 1 heterocycles. The third-order valence-corrected chi connectivity index (χ3v) is 5.95. The Morgan fingerprint density at radius 1 is 0.939 bits per heavy atom. The van der Waals surface area contributed by atoms with Crippen LogP contribution in [0.25, 0.3) is 5.76 Å². The number of Topliss-reactive ketones (excluding diaryl/α,β-unsaturated/α-hetero) is 1. The number of rotatable bonds is 6. The molecule has 1 aliphatic heterocycles. The zero-order valence-electron chi connectivity index (χ0n) is 18.1. The summed E-state index contributed by atoms with van der Waals surface area (Å²) < 4.78 is 11.5. The first-order valence-corrected chi connectivity index (χ1v) is 11.2. The smallest absolute Gasteiger partial charge is 0.300 e. The van der Waals surface area contributed by atoms with Crippen molar-refractivity contribution in [3.05, 3.63) is 94.0 Å². The molecule has 0 unspecified atom stereocenters. The number of methoxy groups -OCH3 is 1. The van der Waals surface area contributed by atoms with Crippen LogP contribution in [0.4, 0.5) is 5.69 Å². The van der Waals surface area contributed by atoms with Gasteiger partial charge in [0.25, 0.3) is 11.7 Å². The molecule has 1 aliphatic rings. The molecule has 1 atom stereocenters. The molecule has 1 amide bonds. The summed E-state index contributed by atoms with van der Waals surface area (Å²) in [5.74, 6) is -0.409. The fourth-order valence-corrected chi connectivity index (χ4v) is 4.10. The number of halogens is 1. The maximum absolute atomic E-state index is 13.2. The number of aliphatic hydroxyl groups excluding tert-OH is 1. The normalized spacial score (nSPS) is 17.3. The Labute approximate surface area is 200 Å². The van der Waals surface area contributed by atoms with Crippen molar-refractivity contribution in [2.75, 3.05) is 18.6 Å². The average Bonchev–Trinajstić information content (AvgIpc) is 3.10. The molecule has 0 bridgehead atoms. The van der Waals surface area contributed by atoms with Gasteiger partial charge in [-0.25, -0.2) is 0 Å². The highest BCUT2D eigenvalue weighted by Crippen LogP contribution is 2.42. The predicted octanol–water partition coefficient (Wildman–Crippen LogP) is 5.48. The summed E-state index contributed by atoms with van der Waals surface area (Å²) in [6.45, 7) is 2.40. The van der Waals surface area contributed by atoms with Crippen molar-refractivity contribution in [3.8, 4) is 11.5 Å². The lowest BCUT2D eigenvalue weighted by Gasteiger charge is -2.25. The highest BCUT2D eigenvalue weighted by atomic mass is 79.9. The van der Waals surface area contributed by atoms with Crippen molar-refractivity contribution in [2.24, 2.45) is 0 Å². The molecule has 1 fully saturated rings. The van der Waals surface area contributed by atoms with Crippen molar-refractivity contribution in [3.63, 3.8) is 0 Å². The molecule has 7 heteroatoms. The molecular formula is C26H22BrNO5. The van der Waals surface area contributed by atoms with Gasteiger partial charge in [-0.3, -0.25) is 14.5 Å². The lowest BCUT2D eigenvalue weighted by atomic mass is 9.95. The van der Waals surface area contributed by atoms with E-state index in [0.717, 1.165) is 4.47 Å². The number of hydrogen-bond donors (Lipinski definition) is 1. The monoisotopic (exact) mass is 507 g/mol. The number of carbonyl (C=O) groups excluding carboxylic acids is 2. The van der Waals surface area contributed by atoms with Gasteiger partial charge in [0.1, 0.15) is 17.3 Å². The van der Waals surface area contributed by atoms with Crippen LogP contribution >= 0.6 is 15.9 Å². The van der Waals surface area contributed by atoms with Crippen molar-refractivity contribution in [1.29, 1.82) is 0 Å². The molecule has 1 N–H and O–H groups in total. The number of ether oxygens (including phenoxy) is 2. The number of anilines is 1. The van der Waals surface area contributed by atoms with E-state index >= 15 is 0 Å². The summed E-state index contributed by atoms with van der Waals surface area (Å²) in [5, 5.41) is 11.2. The molecule has 3 aromatic rings. The van der Waals surface area contributed by atoms with Crippen LogP contribution in [-0.4, -0.2) is 30.5 Å². The van der Waals surface area contributed by atoms with Gasteiger partial charge in [-0.2, -0.15) is 0 Å². The standard InChI is InChI=1S/C26H22BrNO5/c1-3-33-21-12-6-17(7-13-21)24(29)22-23(16-4-8-18(27)9-5-16)28(26(31)25(22)30)19-10-14-20(32-2)15-11-19/h4-15,23,29H,3H2,1-2H3/t23-/m0/s1. The Bertz CT molecular complexity index is 1200. The molecule has 6 nitrogen and oxygen atoms in total. The molecule has 0 aromatic heterocycles. The number of benzene rings is 3. The van der Waals surface area contributed by atoms with Gasteiger partial charge in [-0.05, 0) is 73.2 Å². The third-order valence-electron chi connectivity index (χ3n) is 5.42. The largest absolute Gasteiger partial charge is 0.507 e. The highest BCUT2D eigenvalue weighted by molar-refractivity contribution is 9.10. The predicted molar refractivity (Wildman–Crippen MR) is 130 cm³/mol. The molecule has 168 valence electrons. The van der Waals surface area contributed by atoms with Crippen molar-refractivity contribution in [2.45, 2.75) is 13.0 Å². The highest BCUT2D eigenvalue weighted by Gasteiger charge is 2.46. The number of carbonyl (C=O) groups is 2. The lowest BCUT2D eigenvalue weighted by molar-refractivity contribution is -0.132. The summed E-state index contributed by atoms with van der Waals surface area (Å²) in [5.41, 5.74) is 1.67. The Hall–Kier alpha value is -3.58. The van der Waals surface area contributed by atoms with Crippen molar-refractivity contribution >= 4 is 39.1 Å². The van der Waals surface area contributed by atoms with E-state index in [1.807, 2.05) is 31.2 Å². The molecule has 3 aromatic carbocycles. The first kappa shape index (κ1) is 22.6. The minimum atomic E-state index is -0.793. The van der Waals surface area contributed by atoms with E-state index in [4.69, 9.17) is 9.47 Å². The van der Waals surface area contributed by atoms with Crippen LogP contribution in [0.2, 0.25) is 0 Å². The summed E-state index contributed by atoms with van der Waals surface area (Å²) >= 11 is 3.42. The zero-order chi connectivity index (χ0) is 23.5. The fourth-order valence-electron chi connectivity index (χ4n) is 3.83. The number of ketones is 1. The Morgan fingerprint density at radius 3 is 2.12 bits per heavy atom. The summed E-state index contributed by atoms with van der Waals surface area (Å²) in [6, 6.07) is 20.2. The number of amides is 1. The van der Waals surface area contributed by atoms with Crippen LogP contribution in [-0.2, 0) is 9.59 Å². The Balaban J connectivity index is 1.86. The van der Waals surface area contributed by atoms with E-state index in [0.29, 0.717) is 34.9 Å². The van der Waals surface area contributed by atoms with E-state index in [2.05, 4.69) is 15.9 Å². The molecule has 4 rings (SSSR count). The van der Waals surface area contributed by atoms with Crippen LogP contribution in [0.1, 0.15) is 24.1 Å². The van der Waals surface area contributed by atoms with E-state index in [9.17, 15) is 14.7 Å². The molecule has 0 spiro atoms. The number of aliphatic hydroxyl groups is 1. The summed E-state index contributed by atoms with van der Waals surface area (Å²) in [6.07, 6.45) is 0. The molecular weight excluding hydrogens is 486 g/mol. The first-order chi connectivity index (χ1) is 15.9. The van der Waals surface area contributed by atoms with E-state index in [-0.39, 0.29) is 11.3 Å². The van der Waals surface area contributed by atoms with Gasteiger partial charge in [0.05, 0.1) is 25.3 Å². The summed E-state index contributed by atoms with van der Waals surface area (Å²) in [4.78, 5) is 27.8. The minimum absolute atomic E-state index is 0.0299. The number of nitrogens with zero attached hydrogens (tertiary/aromatic N) is 1. The number of hydrogen-bond acceptors (Lipinski definition) is 5. The second-order valence-electron chi connectivity index (χ2n) is 7.38. The first-order valence-electron chi connectivity index (χ1n) is 10.4. The quantitative estimate of drug-likeness (QED) is 0.271. The van der Waals surface area contributed by atoms with Crippen LogP contribution in [0.5, 0.6) is 11.5 Å². The molecule has 0 saturated carbocycles. The van der Waals surface area contributed by atoms with Gasteiger partial charge in [-0.1, -0.05) is 28.1 Å². The van der Waals surface area contributed by atoms with Gasteiger partial charge >= 0.3 is 0 Å². The zero-order valence-corrected chi connectivity index (χ0v) is 19.7. The minimum Gasteiger partial charge on any atom is -0.507 e. The van der Waals surface area contributed by atoms with E-state index < -0.39 is 17.7 Å². The van der Waals surface area contributed by atoms with Crippen LogP contribution < -0.4 is 14.4 Å². The molecule has 33 heavy (non-hydrogen) atoms. The second kappa shape index (κ2) is 9.50.